The number of ether oxygens (including phenoxy) is 1. The van der Waals surface area contributed by atoms with E-state index in [0.29, 0.717) is 19.6 Å². The van der Waals surface area contributed by atoms with Gasteiger partial charge < -0.3 is 15.4 Å². The van der Waals surface area contributed by atoms with Gasteiger partial charge in [-0.05, 0) is 31.4 Å². The first kappa shape index (κ1) is 15.8. The van der Waals surface area contributed by atoms with Gasteiger partial charge in [-0.15, -0.1) is 0 Å². The number of benzene rings is 1. The first-order valence-electron chi connectivity index (χ1n) is 7.80. The lowest BCUT2D eigenvalue weighted by atomic mass is 9.94. The van der Waals surface area contributed by atoms with Crippen molar-refractivity contribution in [1.29, 1.82) is 0 Å². The van der Waals surface area contributed by atoms with Crippen LogP contribution in [0.3, 0.4) is 0 Å². The molecule has 0 atom stereocenters. The van der Waals surface area contributed by atoms with E-state index < -0.39 is 0 Å². The van der Waals surface area contributed by atoms with Gasteiger partial charge in [0.15, 0.2) is 0 Å². The number of amides is 1. The summed E-state index contributed by atoms with van der Waals surface area (Å²) in [6.45, 7) is 1.33. The van der Waals surface area contributed by atoms with Gasteiger partial charge in [0, 0.05) is 25.6 Å². The molecule has 1 fully saturated rings. The summed E-state index contributed by atoms with van der Waals surface area (Å²) >= 11 is 0. The molecule has 116 valence electrons. The topological polar surface area (TPSA) is 55.6 Å². The van der Waals surface area contributed by atoms with E-state index in [-0.39, 0.29) is 11.4 Å². The molecule has 4 heteroatoms. The molecule has 1 aromatic carbocycles. The van der Waals surface area contributed by atoms with Crippen molar-refractivity contribution in [3.63, 3.8) is 0 Å². The van der Waals surface area contributed by atoms with Gasteiger partial charge in [0.05, 0.1) is 6.61 Å². The number of nitrogens with two attached hydrogens (primary N) is 1. The summed E-state index contributed by atoms with van der Waals surface area (Å²) in [7, 11) is 1.85. The molecule has 1 saturated carbocycles. The molecule has 0 saturated heterocycles. The van der Waals surface area contributed by atoms with Crippen LogP contribution in [0.4, 0.5) is 0 Å². The maximum Gasteiger partial charge on any atom is 0.224 e. The van der Waals surface area contributed by atoms with Crippen LogP contribution in [0, 0.1) is 0 Å². The van der Waals surface area contributed by atoms with Gasteiger partial charge >= 0.3 is 0 Å². The highest BCUT2D eigenvalue weighted by atomic mass is 16.5. The first-order chi connectivity index (χ1) is 10.1. The van der Waals surface area contributed by atoms with Gasteiger partial charge in [-0.1, -0.05) is 31.0 Å². The van der Waals surface area contributed by atoms with Gasteiger partial charge in [-0.25, -0.2) is 0 Å². The standard InChI is InChI=1S/C17H26N2O2/c1-19(16(20)14-17(18)10-5-6-11-17)12-7-13-21-15-8-3-2-4-9-15/h2-4,8-9H,5-7,10-14,18H2,1H3. The minimum atomic E-state index is -0.258. The van der Waals surface area contributed by atoms with E-state index in [9.17, 15) is 4.79 Å². The number of para-hydroxylation sites is 1. The zero-order valence-electron chi connectivity index (χ0n) is 12.9. The average molecular weight is 290 g/mol. The number of rotatable bonds is 7. The summed E-state index contributed by atoms with van der Waals surface area (Å²) in [5.41, 5.74) is 6.00. The second-order valence-electron chi connectivity index (χ2n) is 6.08. The number of hydrogen-bond acceptors (Lipinski definition) is 3. The number of nitrogens with zero attached hydrogens (tertiary/aromatic N) is 1. The number of hydrogen-bond donors (Lipinski definition) is 1. The second kappa shape index (κ2) is 7.46. The summed E-state index contributed by atoms with van der Waals surface area (Å²) in [4.78, 5) is 14.0. The Kier molecular flexibility index (Phi) is 5.62. The van der Waals surface area contributed by atoms with Crippen molar-refractivity contribution < 1.29 is 9.53 Å². The Bertz CT molecular complexity index is 441. The highest BCUT2D eigenvalue weighted by molar-refractivity contribution is 5.77. The Morgan fingerprint density at radius 3 is 2.62 bits per heavy atom. The smallest absolute Gasteiger partial charge is 0.224 e. The lowest BCUT2D eigenvalue weighted by Crippen LogP contribution is -2.43. The van der Waals surface area contributed by atoms with Gasteiger partial charge in [-0.2, -0.15) is 0 Å². The lowest BCUT2D eigenvalue weighted by molar-refractivity contribution is -0.131. The predicted molar refractivity (Wildman–Crippen MR) is 84.2 cm³/mol. The minimum absolute atomic E-state index is 0.152. The fourth-order valence-electron chi connectivity index (χ4n) is 2.83. The van der Waals surface area contributed by atoms with E-state index in [1.165, 1.54) is 0 Å². The molecule has 0 aliphatic heterocycles. The van der Waals surface area contributed by atoms with E-state index in [4.69, 9.17) is 10.5 Å². The Hall–Kier alpha value is -1.55. The van der Waals surface area contributed by atoms with Gasteiger partial charge in [0.2, 0.25) is 5.91 Å². The third-order valence-corrected chi connectivity index (χ3v) is 4.18. The zero-order valence-corrected chi connectivity index (χ0v) is 12.9. The molecule has 2 N–H and O–H groups in total. The van der Waals surface area contributed by atoms with Gasteiger partial charge in [0.1, 0.15) is 5.75 Å². The maximum atomic E-state index is 12.2. The predicted octanol–water partition coefficient (Wildman–Crippen LogP) is 2.58. The van der Waals surface area contributed by atoms with E-state index in [1.807, 2.05) is 37.4 Å². The third-order valence-electron chi connectivity index (χ3n) is 4.18. The molecule has 0 heterocycles. The van der Waals surface area contributed by atoms with Crippen molar-refractivity contribution in [1.82, 2.24) is 4.90 Å². The molecule has 1 aromatic rings. The summed E-state index contributed by atoms with van der Waals surface area (Å²) in [5.74, 6) is 1.03. The van der Waals surface area contributed by atoms with Crippen molar-refractivity contribution in [2.24, 2.45) is 5.73 Å². The second-order valence-corrected chi connectivity index (χ2v) is 6.08. The van der Waals surface area contributed by atoms with E-state index in [2.05, 4.69) is 0 Å². The molecule has 1 amide bonds. The van der Waals surface area contributed by atoms with Crippen LogP contribution in [-0.2, 0) is 4.79 Å². The Labute approximate surface area is 127 Å². The Balaban J connectivity index is 1.64. The van der Waals surface area contributed by atoms with Crippen molar-refractivity contribution in [3.8, 4) is 5.75 Å². The van der Waals surface area contributed by atoms with Crippen LogP contribution in [0.1, 0.15) is 38.5 Å². The molecule has 0 aromatic heterocycles. The molecule has 0 radical (unpaired) electrons. The summed E-state index contributed by atoms with van der Waals surface area (Å²) < 4.78 is 5.63. The largest absolute Gasteiger partial charge is 0.494 e. The van der Waals surface area contributed by atoms with Crippen molar-refractivity contribution in [2.75, 3.05) is 20.2 Å². The fourth-order valence-corrected chi connectivity index (χ4v) is 2.83. The highest BCUT2D eigenvalue weighted by Gasteiger charge is 2.32. The van der Waals surface area contributed by atoms with E-state index in [1.54, 1.807) is 4.90 Å². The average Bonchev–Trinajstić information content (AvgIpc) is 2.90. The summed E-state index contributed by atoms with van der Waals surface area (Å²) in [5, 5.41) is 0. The summed E-state index contributed by atoms with van der Waals surface area (Å²) in [6, 6.07) is 9.74. The van der Waals surface area contributed by atoms with Crippen molar-refractivity contribution in [2.45, 2.75) is 44.1 Å². The quantitative estimate of drug-likeness (QED) is 0.785. The molecular formula is C17H26N2O2. The van der Waals surface area contributed by atoms with E-state index >= 15 is 0 Å². The molecular weight excluding hydrogens is 264 g/mol. The Morgan fingerprint density at radius 1 is 1.29 bits per heavy atom. The number of carbonyl (C=O) groups excluding carboxylic acids is 1. The maximum absolute atomic E-state index is 12.2. The van der Waals surface area contributed by atoms with Gasteiger partial charge in [-0.3, -0.25) is 4.79 Å². The number of carbonyl (C=O) groups is 1. The Morgan fingerprint density at radius 2 is 1.95 bits per heavy atom. The van der Waals surface area contributed by atoms with Crippen LogP contribution in [0.15, 0.2) is 30.3 Å². The van der Waals surface area contributed by atoms with Crippen LogP contribution >= 0.6 is 0 Å². The normalized spacial score (nSPS) is 16.7. The third kappa shape index (κ3) is 5.05. The SMILES string of the molecule is CN(CCCOc1ccccc1)C(=O)CC1(N)CCCC1. The molecule has 0 spiro atoms. The minimum Gasteiger partial charge on any atom is -0.494 e. The lowest BCUT2D eigenvalue weighted by Gasteiger charge is -2.26. The zero-order chi connectivity index (χ0) is 15.1. The van der Waals surface area contributed by atoms with Crippen LogP contribution in [0.2, 0.25) is 0 Å². The highest BCUT2D eigenvalue weighted by Crippen LogP contribution is 2.30. The molecule has 4 nitrogen and oxygen atoms in total. The first-order valence-corrected chi connectivity index (χ1v) is 7.80. The van der Waals surface area contributed by atoms with Gasteiger partial charge in [0.25, 0.3) is 0 Å². The fraction of sp³-hybridized carbons (Fsp3) is 0.588. The van der Waals surface area contributed by atoms with Crippen LogP contribution < -0.4 is 10.5 Å². The molecule has 2 rings (SSSR count). The van der Waals surface area contributed by atoms with Crippen LogP contribution in [0.25, 0.3) is 0 Å². The molecule has 1 aliphatic rings. The molecule has 1 aliphatic carbocycles. The molecule has 0 unspecified atom stereocenters. The summed E-state index contributed by atoms with van der Waals surface area (Å²) in [6.07, 6.45) is 5.56. The van der Waals surface area contributed by atoms with Crippen LogP contribution in [-0.4, -0.2) is 36.5 Å². The van der Waals surface area contributed by atoms with Crippen molar-refractivity contribution >= 4 is 5.91 Å². The molecule has 21 heavy (non-hydrogen) atoms. The monoisotopic (exact) mass is 290 g/mol. The van der Waals surface area contributed by atoms with E-state index in [0.717, 1.165) is 37.9 Å². The van der Waals surface area contributed by atoms with Crippen molar-refractivity contribution in [3.05, 3.63) is 30.3 Å². The van der Waals surface area contributed by atoms with Crippen LogP contribution in [0.5, 0.6) is 5.75 Å². The molecule has 0 bridgehead atoms.